The maximum absolute atomic E-state index is 13.6. The minimum Gasteiger partial charge on any atom is -0.494 e. The lowest BCUT2D eigenvalue weighted by Gasteiger charge is -2.35. The second-order valence-corrected chi connectivity index (χ2v) is 9.75. The quantitative estimate of drug-likeness (QED) is 0.547. The monoisotopic (exact) mass is 469 g/mol. The van der Waals surface area contributed by atoms with Gasteiger partial charge >= 0.3 is 5.69 Å². The van der Waals surface area contributed by atoms with Crippen LogP contribution in [0.4, 0.5) is 0 Å². The molecule has 176 valence electrons. The lowest BCUT2D eigenvalue weighted by Crippen LogP contribution is -2.47. The summed E-state index contributed by atoms with van der Waals surface area (Å²) in [6.45, 7) is 9.01. The number of hydrogen-bond acceptors (Lipinski definition) is 5. The Kier molecular flexibility index (Phi) is 6.74. The third-order valence-electron chi connectivity index (χ3n) is 6.57. The predicted molar refractivity (Wildman–Crippen MR) is 132 cm³/mol. The minimum absolute atomic E-state index is 0.0643. The zero-order chi connectivity index (χ0) is 23.7. The van der Waals surface area contributed by atoms with Crippen LogP contribution in [0.5, 0.6) is 5.75 Å². The lowest BCUT2D eigenvalue weighted by atomic mass is 10.00. The molecule has 1 atom stereocenters. The van der Waals surface area contributed by atoms with Crippen LogP contribution in [0, 0.1) is 13.8 Å². The molecule has 1 saturated heterocycles. The van der Waals surface area contributed by atoms with E-state index in [9.17, 15) is 14.4 Å². The number of rotatable bonds is 6. The summed E-state index contributed by atoms with van der Waals surface area (Å²) in [4.78, 5) is 43.9. The van der Waals surface area contributed by atoms with E-state index in [2.05, 4.69) is 6.92 Å². The molecule has 4 rings (SSSR count). The second-order valence-electron chi connectivity index (χ2n) is 8.54. The van der Waals surface area contributed by atoms with Crippen molar-refractivity contribution in [2.24, 2.45) is 0 Å². The Morgan fingerprint density at radius 3 is 2.52 bits per heavy atom. The number of likely N-dealkylation sites (tertiary alicyclic amines) is 1. The summed E-state index contributed by atoms with van der Waals surface area (Å²) in [6, 6.07) is 7.11. The van der Waals surface area contributed by atoms with E-state index in [1.807, 2.05) is 25.7 Å². The van der Waals surface area contributed by atoms with Gasteiger partial charge in [0.1, 0.15) is 17.1 Å². The molecule has 33 heavy (non-hydrogen) atoms. The number of aromatic nitrogens is 2. The molecule has 1 fully saturated rings. The van der Waals surface area contributed by atoms with Crippen molar-refractivity contribution in [3.05, 3.63) is 55.5 Å². The van der Waals surface area contributed by atoms with E-state index in [1.54, 1.807) is 24.3 Å². The number of hydrogen-bond donors (Lipinski definition) is 0. The molecule has 8 heteroatoms. The highest BCUT2D eigenvalue weighted by Crippen LogP contribution is 2.28. The number of amides is 1. The molecular weight excluding hydrogens is 438 g/mol. The highest BCUT2D eigenvalue weighted by atomic mass is 32.1. The maximum Gasteiger partial charge on any atom is 0.337 e. The van der Waals surface area contributed by atoms with E-state index in [-0.39, 0.29) is 24.1 Å². The minimum atomic E-state index is -0.490. The van der Waals surface area contributed by atoms with Crippen LogP contribution in [-0.2, 0) is 11.3 Å². The summed E-state index contributed by atoms with van der Waals surface area (Å²) in [6.07, 6.45) is 4.00. The number of ether oxygens (including phenoxy) is 1. The molecule has 0 aliphatic carbocycles. The van der Waals surface area contributed by atoms with Gasteiger partial charge in [-0.15, -0.1) is 11.3 Å². The summed E-state index contributed by atoms with van der Waals surface area (Å²) in [5.74, 6) is 0.606. The van der Waals surface area contributed by atoms with Crippen molar-refractivity contribution in [3.8, 4) is 11.4 Å². The molecule has 2 aromatic heterocycles. The summed E-state index contributed by atoms with van der Waals surface area (Å²) < 4.78 is 8.16. The lowest BCUT2D eigenvalue weighted by molar-refractivity contribution is -0.135. The molecule has 0 saturated carbocycles. The van der Waals surface area contributed by atoms with Gasteiger partial charge in [0.2, 0.25) is 5.91 Å². The first kappa shape index (κ1) is 23.3. The van der Waals surface area contributed by atoms with E-state index in [4.69, 9.17) is 4.74 Å². The van der Waals surface area contributed by atoms with Gasteiger partial charge in [0, 0.05) is 17.5 Å². The average molecular weight is 470 g/mol. The van der Waals surface area contributed by atoms with Crippen molar-refractivity contribution < 1.29 is 9.53 Å². The molecule has 7 nitrogen and oxygen atoms in total. The van der Waals surface area contributed by atoms with Crippen LogP contribution in [0.1, 0.15) is 50.0 Å². The molecule has 1 aliphatic heterocycles. The van der Waals surface area contributed by atoms with Crippen molar-refractivity contribution >= 4 is 27.5 Å². The highest BCUT2D eigenvalue weighted by Gasteiger charge is 2.27. The molecule has 0 bridgehead atoms. The van der Waals surface area contributed by atoms with Crippen LogP contribution >= 0.6 is 11.3 Å². The first-order valence-electron chi connectivity index (χ1n) is 11.7. The van der Waals surface area contributed by atoms with Gasteiger partial charge in [-0.25, -0.2) is 9.36 Å². The average Bonchev–Trinajstić information content (AvgIpc) is 3.12. The van der Waals surface area contributed by atoms with Crippen LogP contribution in [0.15, 0.2) is 33.9 Å². The van der Waals surface area contributed by atoms with Crippen molar-refractivity contribution in [1.29, 1.82) is 0 Å². The summed E-state index contributed by atoms with van der Waals surface area (Å²) in [7, 11) is 0. The number of carbonyl (C=O) groups is 1. The van der Waals surface area contributed by atoms with E-state index >= 15 is 0 Å². The highest BCUT2D eigenvalue weighted by molar-refractivity contribution is 7.18. The smallest absolute Gasteiger partial charge is 0.337 e. The number of fused-ring (bicyclic) bond motifs is 1. The molecule has 0 unspecified atom stereocenters. The Labute approximate surface area is 197 Å². The normalized spacial score (nSPS) is 16.4. The first-order chi connectivity index (χ1) is 15.9. The third-order valence-corrected chi connectivity index (χ3v) is 7.80. The Morgan fingerprint density at radius 1 is 1.12 bits per heavy atom. The van der Waals surface area contributed by atoms with Crippen molar-refractivity contribution in [3.63, 3.8) is 0 Å². The molecule has 1 aromatic carbocycles. The second kappa shape index (κ2) is 9.55. The van der Waals surface area contributed by atoms with E-state index < -0.39 is 5.69 Å². The largest absolute Gasteiger partial charge is 0.494 e. The van der Waals surface area contributed by atoms with Crippen molar-refractivity contribution in [2.75, 3.05) is 13.2 Å². The molecule has 0 radical (unpaired) electrons. The Bertz CT molecular complexity index is 1290. The van der Waals surface area contributed by atoms with Crippen LogP contribution in [0.2, 0.25) is 0 Å². The van der Waals surface area contributed by atoms with Crippen LogP contribution in [-0.4, -0.2) is 39.1 Å². The van der Waals surface area contributed by atoms with Gasteiger partial charge in [-0.2, -0.15) is 0 Å². The number of thiophene rings is 1. The van der Waals surface area contributed by atoms with Gasteiger partial charge in [-0.3, -0.25) is 14.2 Å². The van der Waals surface area contributed by atoms with E-state index in [1.165, 1.54) is 20.5 Å². The van der Waals surface area contributed by atoms with Gasteiger partial charge in [-0.1, -0.05) is 6.92 Å². The summed E-state index contributed by atoms with van der Waals surface area (Å²) >= 11 is 1.40. The third kappa shape index (κ3) is 4.24. The molecule has 3 heterocycles. The van der Waals surface area contributed by atoms with Crippen molar-refractivity contribution in [2.45, 2.75) is 66.0 Å². The fourth-order valence-corrected chi connectivity index (χ4v) is 5.80. The topological polar surface area (TPSA) is 73.5 Å². The Morgan fingerprint density at radius 2 is 1.85 bits per heavy atom. The number of carbonyl (C=O) groups excluding carboxylic acids is 1. The SMILES string of the molecule is CCOc1ccc(-n2c(=O)c3c(C)c(C)sc3n(CC(=O)N3CCCC[C@@H]3CC)c2=O)cc1. The fraction of sp³-hybridized carbons (Fsp3) is 0.480. The number of benzene rings is 1. The zero-order valence-electron chi connectivity index (χ0n) is 19.7. The van der Waals surface area contributed by atoms with Gasteiger partial charge in [0.25, 0.3) is 5.56 Å². The molecular formula is C25H31N3O4S. The van der Waals surface area contributed by atoms with Crippen LogP contribution in [0.25, 0.3) is 15.9 Å². The van der Waals surface area contributed by atoms with Crippen LogP contribution in [0.3, 0.4) is 0 Å². The van der Waals surface area contributed by atoms with E-state index in [0.29, 0.717) is 28.3 Å². The molecule has 1 amide bonds. The zero-order valence-corrected chi connectivity index (χ0v) is 20.5. The first-order valence-corrected chi connectivity index (χ1v) is 12.5. The van der Waals surface area contributed by atoms with Gasteiger partial charge < -0.3 is 9.64 Å². The fourth-order valence-electron chi connectivity index (χ4n) is 4.66. The van der Waals surface area contributed by atoms with Crippen molar-refractivity contribution in [1.82, 2.24) is 14.0 Å². The maximum atomic E-state index is 13.6. The molecule has 3 aromatic rings. The van der Waals surface area contributed by atoms with Gasteiger partial charge in [0.15, 0.2) is 0 Å². The Hall–Kier alpha value is -2.87. The molecule has 0 spiro atoms. The predicted octanol–water partition coefficient (Wildman–Crippen LogP) is 4.02. The number of aryl methyl sites for hydroxylation is 2. The molecule has 1 aliphatic rings. The summed E-state index contributed by atoms with van der Waals surface area (Å²) in [5, 5.41) is 0.504. The number of piperidine rings is 1. The van der Waals surface area contributed by atoms with E-state index in [0.717, 1.165) is 42.7 Å². The van der Waals surface area contributed by atoms with Gasteiger partial charge in [0.05, 0.1) is 17.7 Å². The van der Waals surface area contributed by atoms with Gasteiger partial charge in [-0.05, 0) is 76.3 Å². The standard InChI is InChI=1S/C25H31N3O4S/c1-5-18-9-7-8-14-26(18)21(29)15-27-24-22(16(3)17(4)33-24)23(30)28(25(27)31)19-10-12-20(13-11-19)32-6-2/h10-13,18H,5-9,14-15H2,1-4H3/t18-/m0/s1. The van der Waals surface area contributed by atoms with Crippen LogP contribution < -0.4 is 16.0 Å². The number of nitrogens with zero attached hydrogens (tertiary/aromatic N) is 3. The summed E-state index contributed by atoms with van der Waals surface area (Å²) in [5.41, 5.74) is 0.472. The Balaban J connectivity index is 1.85. The molecule has 0 N–H and O–H groups in total.